The molecular formula is C11H14N4O3S. The van der Waals surface area contributed by atoms with Crippen LogP contribution in [0.2, 0.25) is 0 Å². The van der Waals surface area contributed by atoms with Crippen molar-refractivity contribution in [3.8, 4) is 5.75 Å². The zero-order chi connectivity index (χ0) is 13.7. The van der Waals surface area contributed by atoms with Gasteiger partial charge < -0.3 is 15.5 Å². The third kappa shape index (κ3) is 3.46. The van der Waals surface area contributed by atoms with E-state index in [1.807, 2.05) is 0 Å². The molecule has 0 aliphatic rings. The Morgan fingerprint density at radius 2 is 2.05 bits per heavy atom. The molecule has 1 aromatic heterocycles. The Labute approximate surface area is 110 Å². The molecule has 2 aromatic rings. The number of benzene rings is 1. The molecule has 0 aliphatic carbocycles. The number of anilines is 1. The first-order valence-corrected chi connectivity index (χ1v) is 7.04. The molecule has 2 rings (SSSR count). The Balaban J connectivity index is 2.07. The summed E-state index contributed by atoms with van der Waals surface area (Å²) in [4.78, 5) is 6.21. The van der Waals surface area contributed by atoms with Crippen molar-refractivity contribution in [3.63, 3.8) is 0 Å². The number of hydrogen-bond donors (Lipinski definition) is 3. The minimum absolute atomic E-state index is 0.0101. The Morgan fingerprint density at radius 3 is 2.63 bits per heavy atom. The van der Waals surface area contributed by atoms with Gasteiger partial charge in [0.2, 0.25) is 0 Å². The van der Waals surface area contributed by atoms with Gasteiger partial charge in [0.25, 0.3) is 10.0 Å². The molecule has 1 heterocycles. The average molecular weight is 282 g/mol. The van der Waals surface area contributed by atoms with E-state index in [0.29, 0.717) is 24.6 Å². The molecule has 0 radical (unpaired) electrons. The minimum atomic E-state index is -3.63. The van der Waals surface area contributed by atoms with Crippen molar-refractivity contribution >= 4 is 15.7 Å². The van der Waals surface area contributed by atoms with Crippen molar-refractivity contribution in [3.05, 3.63) is 36.8 Å². The first kappa shape index (κ1) is 13.4. The maximum atomic E-state index is 11.9. The molecule has 19 heavy (non-hydrogen) atoms. The van der Waals surface area contributed by atoms with Crippen molar-refractivity contribution < 1.29 is 13.2 Å². The van der Waals surface area contributed by atoms with Crippen LogP contribution in [0.4, 0.5) is 5.69 Å². The summed E-state index contributed by atoms with van der Waals surface area (Å²) in [5.74, 6) is 0.634. The number of aromatic amines is 1. The lowest BCUT2D eigenvalue weighted by atomic mass is 10.3. The highest BCUT2D eigenvalue weighted by Crippen LogP contribution is 2.18. The normalized spacial score (nSPS) is 11.2. The second-order valence-corrected chi connectivity index (χ2v) is 5.33. The van der Waals surface area contributed by atoms with Crippen molar-refractivity contribution in [1.82, 2.24) is 9.97 Å². The second-order valence-electron chi connectivity index (χ2n) is 3.68. The van der Waals surface area contributed by atoms with Crippen molar-refractivity contribution in [1.29, 1.82) is 0 Å². The van der Waals surface area contributed by atoms with Gasteiger partial charge >= 0.3 is 0 Å². The highest BCUT2D eigenvalue weighted by atomic mass is 32.2. The SMILES string of the molecule is NCCOc1ccc(NS(=O)(=O)c2cnc[nH]2)cc1. The predicted molar refractivity (Wildman–Crippen MR) is 70.4 cm³/mol. The number of ether oxygens (including phenoxy) is 1. The molecular weight excluding hydrogens is 268 g/mol. The lowest BCUT2D eigenvalue weighted by Gasteiger charge is -2.08. The van der Waals surface area contributed by atoms with Crippen LogP contribution in [0.3, 0.4) is 0 Å². The number of aromatic nitrogens is 2. The van der Waals surface area contributed by atoms with Gasteiger partial charge in [-0.1, -0.05) is 0 Å². The molecule has 0 saturated heterocycles. The van der Waals surface area contributed by atoms with E-state index in [-0.39, 0.29) is 5.03 Å². The first-order valence-electron chi connectivity index (χ1n) is 5.56. The molecule has 0 saturated carbocycles. The summed E-state index contributed by atoms with van der Waals surface area (Å²) in [6, 6.07) is 6.56. The van der Waals surface area contributed by atoms with Crippen LogP contribution in [-0.2, 0) is 10.0 Å². The van der Waals surface area contributed by atoms with Gasteiger partial charge in [0.1, 0.15) is 12.4 Å². The topological polar surface area (TPSA) is 110 Å². The third-order valence-corrected chi connectivity index (χ3v) is 3.56. The monoisotopic (exact) mass is 282 g/mol. The fourth-order valence-corrected chi connectivity index (χ4v) is 2.36. The van der Waals surface area contributed by atoms with Gasteiger partial charge in [-0.2, -0.15) is 8.42 Å². The van der Waals surface area contributed by atoms with Gasteiger partial charge in [0, 0.05) is 12.2 Å². The largest absolute Gasteiger partial charge is 0.492 e. The van der Waals surface area contributed by atoms with E-state index < -0.39 is 10.0 Å². The summed E-state index contributed by atoms with van der Waals surface area (Å²) in [6.45, 7) is 0.841. The van der Waals surface area contributed by atoms with Gasteiger partial charge in [0.05, 0.1) is 12.5 Å². The fourth-order valence-electron chi connectivity index (χ4n) is 1.40. The van der Waals surface area contributed by atoms with Crippen LogP contribution < -0.4 is 15.2 Å². The van der Waals surface area contributed by atoms with Crippen LogP contribution in [0.5, 0.6) is 5.75 Å². The fraction of sp³-hybridized carbons (Fsp3) is 0.182. The Bertz CT molecular complexity index is 608. The van der Waals surface area contributed by atoms with E-state index in [1.165, 1.54) is 12.5 Å². The highest BCUT2D eigenvalue weighted by molar-refractivity contribution is 7.92. The maximum absolute atomic E-state index is 11.9. The second kappa shape index (κ2) is 5.72. The summed E-state index contributed by atoms with van der Waals surface area (Å²) < 4.78 is 31.5. The molecule has 0 amide bonds. The van der Waals surface area contributed by atoms with Crippen LogP contribution >= 0.6 is 0 Å². The molecule has 8 heteroatoms. The summed E-state index contributed by atoms with van der Waals surface area (Å²) in [7, 11) is -3.63. The van der Waals surface area contributed by atoms with E-state index in [9.17, 15) is 8.42 Å². The number of nitrogens with two attached hydrogens (primary N) is 1. The number of hydrogen-bond acceptors (Lipinski definition) is 5. The number of nitrogens with one attached hydrogen (secondary N) is 2. The van der Waals surface area contributed by atoms with Gasteiger partial charge in [-0.3, -0.25) is 4.72 Å². The highest BCUT2D eigenvalue weighted by Gasteiger charge is 2.15. The summed E-state index contributed by atoms with van der Waals surface area (Å²) in [5.41, 5.74) is 5.76. The molecule has 102 valence electrons. The molecule has 0 unspecified atom stereocenters. The summed E-state index contributed by atoms with van der Waals surface area (Å²) >= 11 is 0. The molecule has 0 atom stereocenters. The summed E-state index contributed by atoms with van der Waals surface area (Å²) in [5, 5.41) is 0.0101. The summed E-state index contributed by atoms with van der Waals surface area (Å²) in [6.07, 6.45) is 2.54. The van der Waals surface area contributed by atoms with Crippen LogP contribution in [0, 0.1) is 0 Å². The van der Waals surface area contributed by atoms with E-state index >= 15 is 0 Å². The van der Waals surface area contributed by atoms with Crippen LogP contribution in [0.15, 0.2) is 41.8 Å². The van der Waals surface area contributed by atoms with Gasteiger partial charge in [-0.15, -0.1) is 0 Å². The number of H-pyrrole nitrogens is 1. The number of sulfonamides is 1. The molecule has 0 aliphatic heterocycles. The van der Waals surface area contributed by atoms with Crippen LogP contribution in [-0.4, -0.2) is 31.5 Å². The van der Waals surface area contributed by atoms with Gasteiger partial charge in [-0.05, 0) is 24.3 Å². The van der Waals surface area contributed by atoms with E-state index in [4.69, 9.17) is 10.5 Å². The van der Waals surface area contributed by atoms with Crippen LogP contribution in [0.1, 0.15) is 0 Å². The molecule has 0 fully saturated rings. The average Bonchev–Trinajstić information content (AvgIpc) is 2.92. The standard InChI is InChI=1S/C11H14N4O3S/c12-5-6-18-10-3-1-9(2-4-10)15-19(16,17)11-7-13-8-14-11/h1-4,7-8,15H,5-6,12H2,(H,13,14). The van der Waals surface area contributed by atoms with Gasteiger partial charge in [0.15, 0.2) is 5.03 Å². The van der Waals surface area contributed by atoms with E-state index in [2.05, 4.69) is 14.7 Å². The number of rotatable bonds is 6. The lowest BCUT2D eigenvalue weighted by Crippen LogP contribution is -2.13. The Kier molecular flexibility index (Phi) is 4.03. The zero-order valence-corrected chi connectivity index (χ0v) is 10.9. The van der Waals surface area contributed by atoms with Crippen molar-refractivity contribution in [2.24, 2.45) is 5.73 Å². The van der Waals surface area contributed by atoms with Crippen LogP contribution in [0.25, 0.3) is 0 Å². The quantitative estimate of drug-likeness (QED) is 0.716. The Hall–Kier alpha value is -2.06. The maximum Gasteiger partial charge on any atom is 0.278 e. The number of imidazole rings is 1. The van der Waals surface area contributed by atoms with Crippen molar-refractivity contribution in [2.45, 2.75) is 5.03 Å². The zero-order valence-electron chi connectivity index (χ0n) is 10.0. The first-order chi connectivity index (χ1) is 9.12. The van der Waals surface area contributed by atoms with E-state index in [0.717, 1.165) is 0 Å². The van der Waals surface area contributed by atoms with Crippen molar-refractivity contribution in [2.75, 3.05) is 17.9 Å². The van der Waals surface area contributed by atoms with Gasteiger partial charge in [-0.25, -0.2) is 4.98 Å². The third-order valence-electron chi connectivity index (χ3n) is 2.26. The minimum Gasteiger partial charge on any atom is -0.492 e. The predicted octanol–water partition coefficient (Wildman–Crippen LogP) is 0.548. The smallest absolute Gasteiger partial charge is 0.278 e. The Morgan fingerprint density at radius 1 is 1.32 bits per heavy atom. The molecule has 0 bridgehead atoms. The number of nitrogens with zero attached hydrogens (tertiary/aromatic N) is 1. The lowest BCUT2D eigenvalue weighted by molar-refractivity contribution is 0.328. The molecule has 7 nitrogen and oxygen atoms in total. The molecule has 0 spiro atoms. The van der Waals surface area contributed by atoms with E-state index in [1.54, 1.807) is 24.3 Å². The molecule has 1 aromatic carbocycles. The molecule has 4 N–H and O–H groups in total.